The first-order valence-corrected chi connectivity index (χ1v) is 10.6. The summed E-state index contributed by atoms with van der Waals surface area (Å²) < 4.78 is 0.820. The van der Waals surface area contributed by atoms with Gasteiger partial charge in [-0.05, 0) is 62.7 Å². The van der Waals surface area contributed by atoms with E-state index in [9.17, 15) is 19.2 Å². The van der Waals surface area contributed by atoms with Gasteiger partial charge in [0.05, 0.1) is 22.7 Å². The summed E-state index contributed by atoms with van der Waals surface area (Å²) in [6.07, 6.45) is 1.28. The summed E-state index contributed by atoms with van der Waals surface area (Å²) in [6.45, 7) is 5.38. The molecule has 32 heavy (non-hydrogen) atoms. The van der Waals surface area contributed by atoms with Gasteiger partial charge in [0.2, 0.25) is 5.91 Å². The lowest BCUT2D eigenvalue weighted by atomic mass is 9.98. The Bertz CT molecular complexity index is 1230. The van der Waals surface area contributed by atoms with Crippen LogP contribution in [0.5, 0.6) is 0 Å². The minimum Gasteiger partial charge on any atom is -0.276 e. The fourth-order valence-corrected chi connectivity index (χ4v) is 3.73. The number of halogens is 1. The second-order valence-corrected chi connectivity index (χ2v) is 8.45. The fourth-order valence-electron chi connectivity index (χ4n) is 3.49. The summed E-state index contributed by atoms with van der Waals surface area (Å²) in [5.74, 6) is -3.32. The van der Waals surface area contributed by atoms with Crippen LogP contribution in [0.2, 0.25) is 0 Å². The van der Waals surface area contributed by atoms with Crippen LogP contribution < -0.4 is 15.2 Å². The molecule has 5 amide bonds. The predicted octanol–water partition coefficient (Wildman–Crippen LogP) is 3.61. The highest BCUT2D eigenvalue weighted by Crippen LogP contribution is 2.29. The number of nitrogens with zero attached hydrogens (tertiary/aromatic N) is 3. The summed E-state index contributed by atoms with van der Waals surface area (Å²) >= 11 is 3.38. The van der Waals surface area contributed by atoms with Crippen molar-refractivity contribution >= 4 is 56.8 Å². The molecule has 1 saturated heterocycles. The van der Waals surface area contributed by atoms with Gasteiger partial charge in [-0.2, -0.15) is 10.1 Å². The maximum absolute atomic E-state index is 13.2. The molecule has 9 heteroatoms. The van der Waals surface area contributed by atoms with E-state index in [1.807, 2.05) is 26.0 Å². The molecule has 4 rings (SSSR count). The third-order valence-corrected chi connectivity index (χ3v) is 6.17. The first-order chi connectivity index (χ1) is 15.2. The van der Waals surface area contributed by atoms with E-state index in [2.05, 4.69) is 26.3 Å². The molecule has 1 fully saturated rings. The van der Waals surface area contributed by atoms with Gasteiger partial charge in [0.1, 0.15) is 5.92 Å². The Morgan fingerprint density at radius 3 is 2.28 bits per heavy atom. The van der Waals surface area contributed by atoms with E-state index in [0.717, 1.165) is 20.5 Å². The molecule has 1 atom stereocenters. The van der Waals surface area contributed by atoms with E-state index in [0.29, 0.717) is 17.1 Å². The average Bonchev–Trinajstić information content (AvgIpc) is 3.02. The van der Waals surface area contributed by atoms with Crippen molar-refractivity contribution in [2.75, 3.05) is 9.91 Å². The van der Waals surface area contributed by atoms with Crippen molar-refractivity contribution in [2.45, 2.75) is 20.8 Å². The van der Waals surface area contributed by atoms with E-state index in [1.165, 1.54) is 11.1 Å². The largest absolute Gasteiger partial charge is 0.335 e. The van der Waals surface area contributed by atoms with E-state index in [1.54, 1.807) is 37.3 Å². The monoisotopic (exact) mass is 494 g/mol. The normalized spacial score (nSPS) is 20.2. The Morgan fingerprint density at radius 2 is 1.62 bits per heavy atom. The summed E-state index contributed by atoms with van der Waals surface area (Å²) in [5, 5.41) is 7.71. The Hall–Kier alpha value is -3.59. The molecule has 0 radical (unpaired) electrons. The van der Waals surface area contributed by atoms with E-state index in [-0.39, 0.29) is 5.57 Å². The molecule has 0 saturated carbocycles. The van der Waals surface area contributed by atoms with E-state index in [4.69, 9.17) is 0 Å². The zero-order chi connectivity index (χ0) is 23.2. The molecule has 2 aromatic carbocycles. The highest BCUT2D eigenvalue weighted by atomic mass is 79.9. The SMILES string of the molecule is CC1=NN(c2ccc(C)cc2)C(=O)/C1=C\C1C(=O)NC(=O)N(c2ccc(Br)c(C)c2)C1=O. The highest BCUT2D eigenvalue weighted by Gasteiger charge is 2.42. The second-order valence-electron chi connectivity index (χ2n) is 7.60. The van der Waals surface area contributed by atoms with Crippen LogP contribution in [0.15, 0.2) is 63.7 Å². The first kappa shape index (κ1) is 21.6. The van der Waals surface area contributed by atoms with Crippen molar-refractivity contribution in [3.05, 3.63) is 69.7 Å². The van der Waals surface area contributed by atoms with Gasteiger partial charge in [-0.15, -0.1) is 0 Å². The number of urea groups is 1. The fraction of sp³-hybridized carbons (Fsp3) is 0.174. The molecule has 0 spiro atoms. The minimum atomic E-state index is -1.35. The number of nitrogens with one attached hydrogen (secondary N) is 1. The van der Waals surface area contributed by atoms with Crippen LogP contribution >= 0.6 is 15.9 Å². The molecule has 8 nitrogen and oxygen atoms in total. The summed E-state index contributed by atoms with van der Waals surface area (Å²) in [5.41, 5.74) is 3.27. The van der Waals surface area contributed by atoms with Crippen molar-refractivity contribution in [2.24, 2.45) is 11.0 Å². The molecule has 1 N–H and O–H groups in total. The smallest absolute Gasteiger partial charge is 0.276 e. The van der Waals surface area contributed by atoms with Crippen molar-refractivity contribution in [3.8, 4) is 0 Å². The average molecular weight is 495 g/mol. The number of barbiturate groups is 1. The standard InChI is InChI=1S/C23H19BrN4O4/c1-12-4-6-15(7-5-12)28-22(31)17(14(3)26-28)11-18-20(29)25-23(32)27(21(18)30)16-8-9-19(24)13(2)10-16/h4-11,18H,1-3H3,(H,25,29,32)/b17-11-. The van der Waals surface area contributed by atoms with E-state index < -0.39 is 29.7 Å². The van der Waals surface area contributed by atoms with Crippen molar-refractivity contribution < 1.29 is 19.2 Å². The molecular weight excluding hydrogens is 476 g/mol. The maximum Gasteiger partial charge on any atom is 0.335 e. The van der Waals surface area contributed by atoms with Crippen LogP contribution in [0, 0.1) is 19.8 Å². The van der Waals surface area contributed by atoms with Gasteiger partial charge in [-0.1, -0.05) is 33.6 Å². The van der Waals surface area contributed by atoms with Gasteiger partial charge in [0.25, 0.3) is 11.8 Å². The zero-order valence-corrected chi connectivity index (χ0v) is 19.1. The third-order valence-electron chi connectivity index (χ3n) is 5.28. The molecule has 0 aliphatic carbocycles. The molecule has 162 valence electrons. The summed E-state index contributed by atoms with van der Waals surface area (Å²) in [6, 6.07) is 11.4. The van der Waals surface area contributed by atoms with Crippen molar-refractivity contribution in [1.29, 1.82) is 0 Å². The molecule has 2 heterocycles. The van der Waals surface area contributed by atoms with Gasteiger partial charge < -0.3 is 0 Å². The van der Waals surface area contributed by atoms with E-state index >= 15 is 0 Å². The lowest BCUT2D eigenvalue weighted by molar-refractivity contribution is -0.132. The van der Waals surface area contributed by atoms with Gasteiger partial charge in [-0.25, -0.2) is 9.69 Å². The number of imide groups is 2. The number of rotatable bonds is 3. The van der Waals surface area contributed by atoms with Crippen LogP contribution in [0.3, 0.4) is 0 Å². The van der Waals surface area contributed by atoms with Gasteiger partial charge in [0.15, 0.2) is 0 Å². The third kappa shape index (κ3) is 3.75. The number of hydrogen-bond donors (Lipinski definition) is 1. The number of anilines is 2. The van der Waals surface area contributed by atoms with Crippen LogP contribution in [0.1, 0.15) is 18.1 Å². The molecule has 0 bridgehead atoms. The topological polar surface area (TPSA) is 99.2 Å². The molecule has 1 unspecified atom stereocenters. The van der Waals surface area contributed by atoms with Crippen LogP contribution in [0.25, 0.3) is 0 Å². The number of hydrogen-bond acceptors (Lipinski definition) is 5. The molecule has 2 aliphatic rings. The quantitative estimate of drug-likeness (QED) is 0.520. The zero-order valence-electron chi connectivity index (χ0n) is 17.5. The summed E-state index contributed by atoms with van der Waals surface area (Å²) in [7, 11) is 0. The highest BCUT2D eigenvalue weighted by molar-refractivity contribution is 9.10. The Labute approximate surface area is 192 Å². The van der Waals surface area contributed by atoms with Crippen LogP contribution in [0.4, 0.5) is 16.2 Å². The van der Waals surface area contributed by atoms with Crippen molar-refractivity contribution in [3.63, 3.8) is 0 Å². The van der Waals surface area contributed by atoms with Crippen LogP contribution in [-0.2, 0) is 14.4 Å². The molecule has 2 aromatic rings. The van der Waals surface area contributed by atoms with Gasteiger partial charge in [-0.3, -0.25) is 19.7 Å². The molecular formula is C23H19BrN4O4. The number of benzene rings is 2. The Balaban J connectivity index is 1.67. The molecule has 0 aromatic heterocycles. The second kappa shape index (κ2) is 8.16. The number of aryl methyl sites for hydroxylation is 2. The van der Waals surface area contributed by atoms with Gasteiger partial charge in [0, 0.05) is 4.47 Å². The number of amides is 5. The lowest BCUT2D eigenvalue weighted by Gasteiger charge is -2.29. The lowest BCUT2D eigenvalue weighted by Crippen LogP contribution is -2.58. The Morgan fingerprint density at radius 1 is 0.969 bits per heavy atom. The van der Waals surface area contributed by atoms with Gasteiger partial charge >= 0.3 is 6.03 Å². The Kier molecular flexibility index (Phi) is 5.52. The maximum atomic E-state index is 13.2. The predicted molar refractivity (Wildman–Crippen MR) is 123 cm³/mol. The number of hydrazone groups is 1. The minimum absolute atomic E-state index is 0.139. The number of carbonyl (C=O) groups excluding carboxylic acids is 4. The summed E-state index contributed by atoms with van der Waals surface area (Å²) in [4.78, 5) is 52.0. The van der Waals surface area contributed by atoms with Crippen LogP contribution in [-0.4, -0.2) is 29.5 Å². The number of carbonyl (C=O) groups is 4. The molecule has 2 aliphatic heterocycles. The van der Waals surface area contributed by atoms with Crippen molar-refractivity contribution in [1.82, 2.24) is 5.32 Å². The first-order valence-electron chi connectivity index (χ1n) is 9.81.